The van der Waals surface area contributed by atoms with Gasteiger partial charge < -0.3 is 15.2 Å². The third-order valence-corrected chi connectivity index (χ3v) is 4.75. The zero-order chi connectivity index (χ0) is 23.1. The molecule has 10 heteroatoms. The van der Waals surface area contributed by atoms with Crippen molar-refractivity contribution in [2.45, 2.75) is 31.9 Å². The highest BCUT2D eigenvalue weighted by atomic mass is 19.4. The van der Waals surface area contributed by atoms with Gasteiger partial charge in [-0.2, -0.15) is 18.3 Å². The van der Waals surface area contributed by atoms with Crippen LogP contribution >= 0.6 is 0 Å². The molecule has 170 valence electrons. The third-order valence-electron chi connectivity index (χ3n) is 4.75. The summed E-state index contributed by atoms with van der Waals surface area (Å²) in [6.07, 6.45) is -2.22. The van der Waals surface area contributed by atoms with Crippen LogP contribution in [0.25, 0.3) is 5.69 Å². The van der Waals surface area contributed by atoms with Gasteiger partial charge in [-0.1, -0.05) is 24.3 Å². The van der Waals surface area contributed by atoms with Crippen LogP contribution < -0.4 is 5.32 Å². The van der Waals surface area contributed by atoms with Crippen molar-refractivity contribution >= 4 is 5.97 Å². The maximum atomic E-state index is 13.1. The number of carboxylic acid groups (broad SMARTS) is 1. The lowest BCUT2D eigenvalue weighted by Crippen LogP contribution is -2.33. The van der Waals surface area contributed by atoms with Gasteiger partial charge in [0.15, 0.2) is 0 Å². The van der Waals surface area contributed by atoms with Crippen molar-refractivity contribution in [3.05, 3.63) is 83.4 Å². The van der Waals surface area contributed by atoms with Gasteiger partial charge in [0.05, 0.1) is 24.1 Å². The van der Waals surface area contributed by atoms with Crippen molar-refractivity contribution < 1.29 is 32.2 Å². The summed E-state index contributed by atoms with van der Waals surface area (Å²) in [6, 6.07) is 16.7. The lowest BCUT2D eigenvalue weighted by atomic mass is 9.99. The van der Waals surface area contributed by atoms with E-state index >= 15 is 0 Å². The van der Waals surface area contributed by atoms with Gasteiger partial charge in [-0.15, -0.1) is 0 Å². The lowest BCUT2D eigenvalue weighted by Gasteiger charge is -2.25. The molecule has 0 saturated heterocycles. The number of hydrogen-bond donors (Lipinski definition) is 2. The van der Waals surface area contributed by atoms with Crippen molar-refractivity contribution in [2.24, 2.45) is 0 Å². The molecule has 6 nitrogen and oxygen atoms in total. The summed E-state index contributed by atoms with van der Waals surface area (Å²) in [5.74, 6) is -3.00. The monoisotopic (exact) mass is 451 g/mol. The highest BCUT2D eigenvalue weighted by Gasteiger charge is 2.38. The van der Waals surface area contributed by atoms with Gasteiger partial charge >= 0.3 is 12.1 Å². The minimum atomic E-state index is -5.08. The van der Waals surface area contributed by atoms with Gasteiger partial charge in [0.1, 0.15) is 5.82 Å². The van der Waals surface area contributed by atoms with E-state index in [1.54, 1.807) is 18.3 Å². The number of ether oxygens (including phenoxy) is 1. The SMILES string of the molecule is Fc1ccc(-n2nccc2CNC[C@@H]2Cc3ccccc3CO2)cc1.O=C(O)C(F)(F)F. The summed E-state index contributed by atoms with van der Waals surface area (Å²) >= 11 is 0. The summed E-state index contributed by atoms with van der Waals surface area (Å²) in [4.78, 5) is 8.90. The third kappa shape index (κ3) is 6.38. The number of benzene rings is 2. The van der Waals surface area contributed by atoms with E-state index in [-0.39, 0.29) is 11.9 Å². The molecule has 2 aromatic carbocycles. The average Bonchev–Trinajstić information content (AvgIpc) is 3.22. The Hall–Kier alpha value is -3.24. The second-order valence-electron chi connectivity index (χ2n) is 7.05. The molecule has 0 fully saturated rings. The van der Waals surface area contributed by atoms with Crippen LogP contribution in [-0.2, 0) is 29.1 Å². The van der Waals surface area contributed by atoms with Crippen LogP contribution in [0.4, 0.5) is 17.6 Å². The Labute approximate surface area is 181 Å². The van der Waals surface area contributed by atoms with E-state index < -0.39 is 12.1 Å². The fourth-order valence-corrected chi connectivity index (χ4v) is 3.18. The quantitative estimate of drug-likeness (QED) is 0.576. The van der Waals surface area contributed by atoms with E-state index in [9.17, 15) is 17.6 Å². The van der Waals surface area contributed by atoms with E-state index in [4.69, 9.17) is 14.6 Å². The fraction of sp³-hybridized carbons (Fsp3) is 0.273. The molecule has 0 unspecified atom stereocenters. The maximum Gasteiger partial charge on any atom is 0.490 e. The predicted octanol–water partition coefficient (Wildman–Crippen LogP) is 3.88. The molecule has 1 aliphatic heterocycles. The molecule has 4 rings (SSSR count). The fourth-order valence-electron chi connectivity index (χ4n) is 3.18. The van der Waals surface area contributed by atoms with E-state index in [1.165, 1.54) is 23.3 Å². The van der Waals surface area contributed by atoms with Gasteiger partial charge in [0.25, 0.3) is 0 Å². The molecule has 0 amide bonds. The Balaban J connectivity index is 0.000000360. The average molecular weight is 451 g/mol. The predicted molar refractivity (Wildman–Crippen MR) is 108 cm³/mol. The highest BCUT2D eigenvalue weighted by molar-refractivity contribution is 5.73. The summed E-state index contributed by atoms with van der Waals surface area (Å²) in [7, 11) is 0. The number of nitrogens with zero attached hydrogens (tertiary/aromatic N) is 2. The summed E-state index contributed by atoms with van der Waals surface area (Å²) < 4.78 is 52.6. The Bertz CT molecular complexity index is 1040. The molecular weight excluding hydrogens is 430 g/mol. The number of carboxylic acids is 1. The molecule has 0 aliphatic carbocycles. The van der Waals surface area contributed by atoms with E-state index in [0.717, 1.165) is 24.3 Å². The number of aliphatic carboxylic acids is 1. The molecule has 1 aromatic heterocycles. The second kappa shape index (κ2) is 10.4. The van der Waals surface area contributed by atoms with E-state index in [2.05, 4.69) is 34.7 Å². The largest absolute Gasteiger partial charge is 0.490 e. The molecule has 0 saturated carbocycles. The molecule has 2 N–H and O–H groups in total. The molecule has 0 bridgehead atoms. The van der Waals surface area contributed by atoms with Gasteiger partial charge in [0.2, 0.25) is 0 Å². The number of carbonyl (C=O) groups is 1. The Morgan fingerprint density at radius 2 is 1.78 bits per heavy atom. The van der Waals surface area contributed by atoms with Gasteiger partial charge in [-0.25, -0.2) is 13.9 Å². The first-order valence-electron chi connectivity index (χ1n) is 9.72. The summed E-state index contributed by atoms with van der Waals surface area (Å²) in [6.45, 7) is 2.14. The molecular formula is C22H21F4N3O3. The zero-order valence-corrected chi connectivity index (χ0v) is 16.8. The van der Waals surface area contributed by atoms with Crippen LogP contribution in [0.15, 0.2) is 60.8 Å². The molecule has 1 atom stereocenters. The normalized spacial score (nSPS) is 15.4. The zero-order valence-electron chi connectivity index (χ0n) is 16.8. The summed E-state index contributed by atoms with van der Waals surface area (Å²) in [5, 5.41) is 14.9. The van der Waals surface area contributed by atoms with Crippen molar-refractivity contribution in [1.29, 1.82) is 0 Å². The Morgan fingerprint density at radius 1 is 1.12 bits per heavy atom. The van der Waals surface area contributed by atoms with Crippen LogP contribution in [0, 0.1) is 5.82 Å². The van der Waals surface area contributed by atoms with Crippen molar-refractivity contribution in [3.8, 4) is 5.69 Å². The minimum absolute atomic E-state index is 0.178. The van der Waals surface area contributed by atoms with Gasteiger partial charge in [-0.05, 0) is 41.5 Å². The minimum Gasteiger partial charge on any atom is -0.475 e. The number of alkyl halides is 3. The second-order valence-corrected chi connectivity index (χ2v) is 7.05. The number of aromatic nitrogens is 2. The lowest BCUT2D eigenvalue weighted by molar-refractivity contribution is -0.192. The molecule has 0 spiro atoms. The first-order chi connectivity index (χ1) is 15.2. The van der Waals surface area contributed by atoms with Crippen molar-refractivity contribution in [2.75, 3.05) is 6.54 Å². The smallest absolute Gasteiger partial charge is 0.475 e. The Morgan fingerprint density at radius 3 is 2.44 bits per heavy atom. The van der Waals surface area contributed by atoms with Crippen molar-refractivity contribution in [3.63, 3.8) is 0 Å². The maximum absolute atomic E-state index is 13.1. The Kier molecular flexibility index (Phi) is 7.60. The number of rotatable bonds is 5. The van der Waals surface area contributed by atoms with Gasteiger partial charge in [0, 0.05) is 25.7 Å². The van der Waals surface area contributed by atoms with Crippen molar-refractivity contribution in [1.82, 2.24) is 15.1 Å². The topological polar surface area (TPSA) is 76.4 Å². The standard InChI is InChI=1S/C20H20FN3O.C2HF3O2/c21-17-5-7-18(8-6-17)24-19(9-10-23-24)12-22-13-20-11-15-3-1-2-4-16(15)14-25-20;3-2(4,5)1(6)7/h1-10,20,22H,11-14H2;(H,6,7)/t20-;/m0./s1. The molecule has 1 aliphatic rings. The molecule has 32 heavy (non-hydrogen) atoms. The molecule has 0 radical (unpaired) electrons. The first-order valence-corrected chi connectivity index (χ1v) is 9.72. The number of fused-ring (bicyclic) bond motifs is 1. The van der Waals surface area contributed by atoms with E-state index in [0.29, 0.717) is 13.2 Å². The molecule has 2 heterocycles. The number of hydrogen-bond acceptors (Lipinski definition) is 4. The summed E-state index contributed by atoms with van der Waals surface area (Å²) in [5.41, 5.74) is 4.54. The number of nitrogens with one attached hydrogen (secondary N) is 1. The highest BCUT2D eigenvalue weighted by Crippen LogP contribution is 2.20. The van der Waals surface area contributed by atoms with Gasteiger partial charge in [-0.3, -0.25) is 0 Å². The van der Waals surface area contributed by atoms with Crippen LogP contribution in [0.5, 0.6) is 0 Å². The van der Waals surface area contributed by atoms with Crippen LogP contribution in [0.3, 0.4) is 0 Å². The van der Waals surface area contributed by atoms with Crippen LogP contribution in [-0.4, -0.2) is 39.7 Å². The van der Waals surface area contributed by atoms with Crippen LogP contribution in [0.1, 0.15) is 16.8 Å². The van der Waals surface area contributed by atoms with E-state index in [1.807, 2.05) is 10.7 Å². The number of halogens is 4. The first kappa shape index (κ1) is 23.4. The molecule has 3 aromatic rings. The van der Waals surface area contributed by atoms with Crippen LogP contribution in [0.2, 0.25) is 0 Å².